The SMILES string of the molecule is CNC1CCCN(C(=O)c2cc(C)cc(Br)c2)C1. The van der Waals surface area contributed by atoms with Crippen LogP contribution >= 0.6 is 15.9 Å². The normalized spacial score (nSPS) is 19.9. The van der Waals surface area contributed by atoms with E-state index in [1.54, 1.807) is 0 Å². The Morgan fingerprint density at radius 1 is 1.44 bits per heavy atom. The fourth-order valence-corrected chi connectivity index (χ4v) is 3.05. The Hall–Kier alpha value is -0.870. The van der Waals surface area contributed by atoms with Gasteiger partial charge < -0.3 is 10.2 Å². The van der Waals surface area contributed by atoms with Crippen molar-refractivity contribution in [2.45, 2.75) is 25.8 Å². The van der Waals surface area contributed by atoms with Gasteiger partial charge in [-0.25, -0.2) is 0 Å². The van der Waals surface area contributed by atoms with E-state index in [0.717, 1.165) is 41.5 Å². The van der Waals surface area contributed by atoms with Gasteiger partial charge in [0.15, 0.2) is 0 Å². The number of aryl methyl sites for hydroxylation is 1. The fourth-order valence-electron chi connectivity index (χ4n) is 2.44. The Balaban J connectivity index is 2.15. The molecule has 18 heavy (non-hydrogen) atoms. The molecule has 1 fully saturated rings. The van der Waals surface area contributed by atoms with Crippen molar-refractivity contribution in [2.75, 3.05) is 20.1 Å². The number of carbonyl (C=O) groups excluding carboxylic acids is 1. The van der Waals surface area contributed by atoms with Crippen LogP contribution in [-0.4, -0.2) is 37.0 Å². The highest BCUT2D eigenvalue weighted by Crippen LogP contribution is 2.19. The molecular weight excluding hydrogens is 292 g/mol. The molecule has 0 spiro atoms. The van der Waals surface area contributed by atoms with Crippen LogP contribution < -0.4 is 5.32 Å². The van der Waals surface area contributed by atoms with E-state index in [9.17, 15) is 4.79 Å². The number of amides is 1. The number of rotatable bonds is 2. The molecule has 0 radical (unpaired) electrons. The van der Waals surface area contributed by atoms with E-state index in [1.807, 2.05) is 37.1 Å². The van der Waals surface area contributed by atoms with Crippen LogP contribution in [0.5, 0.6) is 0 Å². The third kappa shape index (κ3) is 3.12. The van der Waals surface area contributed by atoms with E-state index in [1.165, 1.54) is 0 Å². The van der Waals surface area contributed by atoms with Gasteiger partial charge in [-0.3, -0.25) is 4.79 Å². The summed E-state index contributed by atoms with van der Waals surface area (Å²) < 4.78 is 0.966. The van der Waals surface area contributed by atoms with Crippen LogP contribution in [0.25, 0.3) is 0 Å². The first-order valence-electron chi connectivity index (χ1n) is 6.34. The highest BCUT2D eigenvalue weighted by molar-refractivity contribution is 9.10. The molecule has 1 aliphatic rings. The van der Waals surface area contributed by atoms with Crippen molar-refractivity contribution in [1.82, 2.24) is 10.2 Å². The monoisotopic (exact) mass is 310 g/mol. The van der Waals surface area contributed by atoms with E-state index < -0.39 is 0 Å². The molecule has 1 heterocycles. The van der Waals surface area contributed by atoms with Crippen LogP contribution in [0.2, 0.25) is 0 Å². The number of nitrogens with one attached hydrogen (secondary N) is 1. The molecule has 1 aromatic rings. The zero-order chi connectivity index (χ0) is 13.1. The molecule has 3 nitrogen and oxygen atoms in total. The van der Waals surface area contributed by atoms with Crippen LogP contribution in [0.3, 0.4) is 0 Å². The second-order valence-electron chi connectivity index (χ2n) is 4.90. The predicted octanol–water partition coefficient (Wildman–Crippen LogP) is 2.58. The quantitative estimate of drug-likeness (QED) is 0.910. The summed E-state index contributed by atoms with van der Waals surface area (Å²) in [6.45, 7) is 3.68. The Morgan fingerprint density at radius 2 is 2.22 bits per heavy atom. The molecule has 0 aliphatic carbocycles. The van der Waals surface area contributed by atoms with Gasteiger partial charge in [-0.1, -0.05) is 15.9 Å². The molecule has 4 heteroatoms. The van der Waals surface area contributed by atoms with Crippen LogP contribution in [0.4, 0.5) is 0 Å². The van der Waals surface area contributed by atoms with Gasteiger partial charge in [0.25, 0.3) is 5.91 Å². The molecule has 0 bridgehead atoms. The van der Waals surface area contributed by atoms with E-state index in [-0.39, 0.29) is 5.91 Å². The van der Waals surface area contributed by atoms with E-state index >= 15 is 0 Å². The van der Waals surface area contributed by atoms with E-state index in [4.69, 9.17) is 0 Å². The lowest BCUT2D eigenvalue weighted by molar-refractivity contribution is 0.0698. The number of likely N-dealkylation sites (N-methyl/N-ethyl adjacent to an activating group) is 1. The summed E-state index contributed by atoms with van der Waals surface area (Å²) in [6, 6.07) is 6.30. The molecule has 1 atom stereocenters. The minimum absolute atomic E-state index is 0.138. The average Bonchev–Trinajstić information content (AvgIpc) is 2.37. The first-order valence-corrected chi connectivity index (χ1v) is 7.13. The number of likely N-dealkylation sites (tertiary alicyclic amines) is 1. The average molecular weight is 311 g/mol. The summed E-state index contributed by atoms with van der Waals surface area (Å²) in [4.78, 5) is 14.4. The Bertz CT molecular complexity index is 427. The number of hydrogen-bond acceptors (Lipinski definition) is 2. The predicted molar refractivity (Wildman–Crippen MR) is 76.9 cm³/mol. The highest BCUT2D eigenvalue weighted by atomic mass is 79.9. The molecule has 1 unspecified atom stereocenters. The van der Waals surface area contributed by atoms with Gasteiger partial charge >= 0.3 is 0 Å². The number of halogens is 1. The molecule has 0 aromatic heterocycles. The first-order chi connectivity index (χ1) is 8.60. The fraction of sp³-hybridized carbons (Fsp3) is 0.500. The molecule has 1 aromatic carbocycles. The zero-order valence-electron chi connectivity index (χ0n) is 10.9. The van der Waals surface area contributed by atoms with Gasteiger partial charge in [-0.2, -0.15) is 0 Å². The van der Waals surface area contributed by atoms with Crippen molar-refractivity contribution in [2.24, 2.45) is 0 Å². The lowest BCUT2D eigenvalue weighted by Crippen LogP contribution is -2.46. The summed E-state index contributed by atoms with van der Waals surface area (Å²) in [5, 5.41) is 3.26. The zero-order valence-corrected chi connectivity index (χ0v) is 12.5. The number of piperidine rings is 1. The summed E-state index contributed by atoms with van der Waals surface area (Å²) >= 11 is 3.45. The number of benzene rings is 1. The van der Waals surface area contributed by atoms with Crippen molar-refractivity contribution in [3.63, 3.8) is 0 Å². The van der Waals surface area contributed by atoms with E-state index in [0.29, 0.717) is 6.04 Å². The Morgan fingerprint density at radius 3 is 2.89 bits per heavy atom. The van der Waals surface area contributed by atoms with Gasteiger partial charge in [0.2, 0.25) is 0 Å². The van der Waals surface area contributed by atoms with Crippen LogP contribution in [0.15, 0.2) is 22.7 Å². The largest absolute Gasteiger partial charge is 0.337 e. The lowest BCUT2D eigenvalue weighted by Gasteiger charge is -2.32. The molecule has 0 saturated carbocycles. The van der Waals surface area contributed by atoms with Crippen molar-refractivity contribution < 1.29 is 4.79 Å². The topological polar surface area (TPSA) is 32.3 Å². The van der Waals surface area contributed by atoms with Gasteiger partial charge in [0.1, 0.15) is 0 Å². The van der Waals surface area contributed by atoms with Crippen molar-refractivity contribution in [3.8, 4) is 0 Å². The van der Waals surface area contributed by atoms with Crippen LogP contribution in [0, 0.1) is 6.92 Å². The van der Waals surface area contributed by atoms with Gasteiger partial charge in [0.05, 0.1) is 0 Å². The Labute approximate surface area is 117 Å². The Kier molecular flexibility index (Phi) is 4.40. The minimum atomic E-state index is 0.138. The van der Waals surface area contributed by atoms with Crippen molar-refractivity contribution in [1.29, 1.82) is 0 Å². The second-order valence-corrected chi connectivity index (χ2v) is 5.81. The lowest BCUT2D eigenvalue weighted by atomic mass is 10.0. The third-order valence-electron chi connectivity index (χ3n) is 3.41. The van der Waals surface area contributed by atoms with E-state index in [2.05, 4.69) is 21.2 Å². The molecule has 1 amide bonds. The summed E-state index contributed by atoms with van der Waals surface area (Å²) in [7, 11) is 1.96. The van der Waals surface area contributed by atoms with Gasteiger partial charge in [-0.05, 0) is 50.6 Å². The molecule has 1 saturated heterocycles. The van der Waals surface area contributed by atoms with Crippen LogP contribution in [0.1, 0.15) is 28.8 Å². The maximum atomic E-state index is 12.4. The first kappa shape index (κ1) is 13.6. The smallest absolute Gasteiger partial charge is 0.253 e. The standard InChI is InChI=1S/C14H19BrN2O/c1-10-6-11(8-12(15)7-10)14(18)17-5-3-4-13(9-17)16-2/h6-8,13,16H,3-5,9H2,1-2H3. The molecule has 98 valence electrons. The molecule has 1 N–H and O–H groups in total. The summed E-state index contributed by atoms with van der Waals surface area (Å²) in [5.41, 5.74) is 1.88. The number of carbonyl (C=O) groups is 1. The van der Waals surface area contributed by atoms with Crippen molar-refractivity contribution >= 4 is 21.8 Å². The van der Waals surface area contributed by atoms with Gasteiger partial charge in [-0.15, -0.1) is 0 Å². The minimum Gasteiger partial charge on any atom is -0.337 e. The maximum Gasteiger partial charge on any atom is 0.253 e. The number of nitrogens with zero attached hydrogens (tertiary/aromatic N) is 1. The summed E-state index contributed by atoms with van der Waals surface area (Å²) in [5.74, 6) is 0.138. The number of hydrogen-bond donors (Lipinski definition) is 1. The van der Waals surface area contributed by atoms with Crippen LogP contribution in [-0.2, 0) is 0 Å². The highest BCUT2D eigenvalue weighted by Gasteiger charge is 2.23. The molecule has 2 rings (SSSR count). The maximum absolute atomic E-state index is 12.4. The third-order valence-corrected chi connectivity index (χ3v) is 3.86. The molecule has 1 aliphatic heterocycles. The molecular formula is C14H19BrN2O. The van der Waals surface area contributed by atoms with Crippen molar-refractivity contribution in [3.05, 3.63) is 33.8 Å². The van der Waals surface area contributed by atoms with Gasteiger partial charge in [0, 0.05) is 29.2 Å². The second kappa shape index (κ2) is 5.85. The summed E-state index contributed by atoms with van der Waals surface area (Å²) in [6.07, 6.45) is 2.22.